The van der Waals surface area contributed by atoms with Crippen molar-refractivity contribution < 1.29 is 18.7 Å². The van der Waals surface area contributed by atoms with Crippen LogP contribution in [0.2, 0.25) is 0 Å². The first-order valence-electron chi connectivity index (χ1n) is 12.9. The molecular formula is C30H26FN5O3. The van der Waals surface area contributed by atoms with Crippen molar-refractivity contribution in [3.8, 4) is 28.5 Å². The summed E-state index contributed by atoms with van der Waals surface area (Å²) in [7, 11) is 0. The predicted molar refractivity (Wildman–Crippen MR) is 145 cm³/mol. The molecule has 5 aromatic rings. The Morgan fingerprint density at radius 2 is 1.82 bits per heavy atom. The number of aromatic nitrogens is 4. The van der Waals surface area contributed by atoms with E-state index in [1.807, 2.05) is 24.3 Å². The van der Waals surface area contributed by atoms with Crippen molar-refractivity contribution in [2.45, 2.75) is 38.2 Å². The van der Waals surface area contributed by atoms with Crippen molar-refractivity contribution in [3.05, 3.63) is 90.8 Å². The van der Waals surface area contributed by atoms with Gasteiger partial charge in [0.1, 0.15) is 17.3 Å². The number of nitrogens with zero attached hydrogens (tertiary/aromatic N) is 3. The smallest absolute Gasteiger partial charge is 0.276 e. The lowest BCUT2D eigenvalue weighted by Gasteiger charge is -2.23. The number of hydrogen-bond donors (Lipinski definition) is 2. The second kappa shape index (κ2) is 10.9. The SMILES string of the molecule is O=C(Nc1ccc(Oc2cccc(F)c2)nc1)c1n[nH]c2ccc(-c3cncc(OC4CCCCC4)c3)cc12. The Balaban J connectivity index is 1.17. The summed E-state index contributed by atoms with van der Waals surface area (Å²) in [5, 5.41) is 10.7. The summed E-state index contributed by atoms with van der Waals surface area (Å²) in [5.41, 5.74) is 3.27. The van der Waals surface area contributed by atoms with Crippen molar-refractivity contribution >= 4 is 22.5 Å². The molecule has 3 aromatic heterocycles. The normalized spacial score (nSPS) is 13.8. The standard InChI is InChI=1S/C30H26FN5O3/c31-21-5-4-8-24(15-21)39-28-12-10-22(17-33-28)34-30(37)29-26-14-19(9-11-27(26)35-36-29)20-13-25(18-32-16-20)38-23-6-2-1-3-7-23/h4-5,8-18,23H,1-3,6-7H2,(H,34,37)(H,35,36). The lowest BCUT2D eigenvalue weighted by Crippen LogP contribution is -2.19. The number of halogens is 1. The molecule has 9 heteroatoms. The van der Waals surface area contributed by atoms with Crippen LogP contribution in [0.25, 0.3) is 22.0 Å². The molecule has 0 aliphatic heterocycles. The molecule has 1 amide bonds. The maximum atomic E-state index is 13.4. The number of benzene rings is 2. The van der Waals surface area contributed by atoms with Gasteiger partial charge >= 0.3 is 0 Å². The van der Waals surface area contributed by atoms with Gasteiger partial charge in [0.05, 0.1) is 29.7 Å². The Labute approximate surface area is 224 Å². The molecule has 39 heavy (non-hydrogen) atoms. The maximum Gasteiger partial charge on any atom is 0.276 e. The second-order valence-electron chi connectivity index (χ2n) is 9.52. The Hall–Kier alpha value is -4.79. The number of pyridine rings is 2. The van der Waals surface area contributed by atoms with Crippen LogP contribution >= 0.6 is 0 Å². The third-order valence-corrected chi connectivity index (χ3v) is 6.69. The van der Waals surface area contributed by atoms with E-state index in [9.17, 15) is 9.18 Å². The van der Waals surface area contributed by atoms with Crippen molar-refractivity contribution in [1.82, 2.24) is 20.2 Å². The average molecular weight is 524 g/mol. The summed E-state index contributed by atoms with van der Waals surface area (Å²) in [4.78, 5) is 21.7. The van der Waals surface area contributed by atoms with E-state index in [-0.39, 0.29) is 23.6 Å². The number of ether oxygens (including phenoxy) is 2. The number of nitrogens with one attached hydrogen (secondary N) is 2. The van der Waals surface area contributed by atoms with Crippen LogP contribution in [0, 0.1) is 5.82 Å². The zero-order chi connectivity index (χ0) is 26.6. The van der Waals surface area contributed by atoms with Crippen molar-refractivity contribution in [2.75, 3.05) is 5.32 Å². The molecule has 8 nitrogen and oxygen atoms in total. The summed E-state index contributed by atoms with van der Waals surface area (Å²) in [6.45, 7) is 0. The number of rotatable bonds is 7. The van der Waals surface area contributed by atoms with Gasteiger partial charge in [-0.15, -0.1) is 0 Å². The van der Waals surface area contributed by atoms with E-state index in [4.69, 9.17) is 9.47 Å². The first kappa shape index (κ1) is 24.5. The highest BCUT2D eigenvalue weighted by atomic mass is 19.1. The van der Waals surface area contributed by atoms with Gasteiger partial charge in [-0.2, -0.15) is 5.10 Å². The van der Waals surface area contributed by atoms with E-state index in [1.54, 1.807) is 36.7 Å². The van der Waals surface area contributed by atoms with Crippen molar-refractivity contribution in [2.24, 2.45) is 0 Å². The molecule has 0 unspecified atom stereocenters. The van der Waals surface area contributed by atoms with Crippen LogP contribution in [0.15, 0.2) is 79.3 Å². The van der Waals surface area contributed by atoms with Gasteiger partial charge in [0.15, 0.2) is 5.69 Å². The van der Waals surface area contributed by atoms with Crippen LogP contribution in [0.3, 0.4) is 0 Å². The zero-order valence-corrected chi connectivity index (χ0v) is 21.1. The van der Waals surface area contributed by atoms with Gasteiger partial charge in [0.25, 0.3) is 5.91 Å². The van der Waals surface area contributed by atoms with Crippen LogP contribution in [0.1, 0.15) is 42.6 Å². The van der Waals surface area contributed by atoms with Crippen LogP contribution in [0.5, 0.6) is 17.4 Å². The summed E-state index contributed by atoms with van der Waals surface area (Å²) < 4.78 is 25.1. The van der Waals surface area contributed by atoms with Gasteiger partial charge in [-0.05, 0) is 67.6 Å². The maximum absolute atomic E-state index is 13.4. The van der Waals surface area contributed by atoms with E-state index < -0.39 is 5.82 Å². The monoisotopic (exact) mass is 523 g/mol. The van der Waals surface area contributed by atoms with Gasteiger partial charge in [0, 0.05) is 29.3 Å². The molecule has 1 aliphatic carbocycles. The predicted octanol–water partition coefficient (Wildman–Crippen LogP) is 6.92. The summed E-state index contributed by atoms with van der Waals surface area (Å²) >= 11 is 0. The van der Waals surface area contributed by atoms with Gasteiger partial charge in [-0.3, -0.25) is 14.9 Å². The number of amides is 1. The third kappa shape index (κ3) is 5.72. The Kier molecular flexibility index (Phi) is 6.86. The average Bonchev–Trinajstić information content (AvgIpc) is 3.38. The highest BCUT2D eigenvalue weighted by Gasteiger charge is 2.17. The van der Waals surface area contributed by atoms with Gasteiger partial charge in [-0.1, -0.05) is 18.6 Å². The Bertz CT molecular complexity index is 1610. The fourth-order valence-corrected chi connectivity index (χ4v) is 4.74. The molecule has 2 aromatic carbocycles. The van der Waals surface area contributed by atoms with E-state index in [1.165, 1.54) is 37.6 Å². The number of aromatic amines is 1. The largest absolute Gasteiger partial charge is 0.489 e. The number of fused-ring (bicyclic) bond motifs is 1. The van der Waals surface area contributed by atoms with Crippen molar-refractivity contribution in [3.63, 3.8) is 0 Å². The molecule has 0 atom stereocenters. The number of anilines is 1. The highest BCUT2D eigenvalue weighted by molar-refractivity contribution is 6.11. The first-order valence-corrected chi connectivity index (χ1v) is 12.9. The lowest BCUT2D eigenvalue weighted by molar-refractivity contribution is 0.102. The van der Waals surface area contributed by atoms with Crippen LogP contribution in [-0.2, 0) is 0 Å². The molecule has 2 N–H and O–H groups in total. The Morgan fingerprint density at radius 3 is 2.64 bits per heavy atom. The number of carbonyl (C=O) groups is 1. The molecule has 6 rings (SSSR count). The summed E-state index contributed by atoms with van der Waals surface area (Å²) in [6, 6.07) is 16.8. The summed E-state index contributed by atoms with van der Waals surface area (Å²) in [6.07, 6.45) is 11.0. The minimum Gasteiger partial charge on any atom is -0.489 e. The van der Waals surface area contributed by atoms with Gasteiger partial charge < -0.3 is 14.8 Å². The van der Waals surface area contributed by atoms with E-state index in [0.29, 0.717) is 16.8 Å². The third-order valence-electron chi connectivity index (χ3n) is 6.69. The zero-order valence-electron chi connectivity index (χ0n) is 21.1. The molecule has 0 radical (unpaired) electrons. The van der Waals surface area contributed by atoms with E-state index in [2.05, 4.69) is 25.5 Å². The fraction of sp³-hybridized carbons (Fsp3) is 0.200. The van der Waals surface area contributed by atoms with Crippen LogP contribution < -0.4 is 14.8 Å². The molecule has 3 heterocycles. The number of H-pyrrole nitrogens is 1. The molecular weight excluding hydrogens is 497 g/mol. The fourth-order valence-electron chi connectivity index (χ4n) is 4.74. The highest BCUT2D eigenvalue weighted by Crippen LogP contribution is 2.30. The molecule has 1 saturated carbocycles. The van der Waals surface area contributed by atoms with E-state index in [0.717, 1.165) is 35.2 Å². The lowest BCUT2D eigenvalue weighted by atomic mass is 9.98. The molecule has 1 aliphatic rings. The van der Waals surface area contributed by atoms with Crippen LogP contribution in [-0.4, -0.2) is 32.2 Å². The number of carbonyl (C=O) groups excluding carboxylic acids is 1. The quantitative estimate of drug-likeness (QED) is 0.240. The Morgan fingerprint density at radius 1 is 0.923 bits per heavy atom. The molecule has 0 bridgehead atoms. The molecule has 0 saturated heterocycles. The number of hydrogen-bond acceptors (Lipinski definition) is 6. The first-order chi connectivity index (χ1) is 19.1. The topological polar surface area (TPSA) is 102 Å². The second-order valence-corrected chi connectivity index (χ2v) is 9.52. The molecule has 196 valence electrons. The molecule has 1 fully saturated rings. The van der Waals surface area contributed by atoms with E-state index >= 15 is 0 Å². The van der Waals surface area contributed by atoms with Crippen molar-refractivity contribution in [1.29, 1.82) is 0 Å². The molecule has 0 spiro atoms. The summed E-state index contributed by atoms with van der Waals surface area (Å²) in [5.74, 6) is 0.576. The minimum atomic E-state index is -0.400. The van der Waals surface area contributed by atoms with Crippen LogP contribution in [0.4, 0.5) is 10.1 Å². The van der Waals surface area contributed by atoms with Gasteiger partial charge in [0.2, 0.25) is 5.88 Å². The van der Waals surface area contributed by atoms with Gasteiger partial charge in [-0.25, -0.2) is 9.37 Å². The minimum absolute atomic E-state index is 0.235.